The Hall–Kier alpha value is -2.69. The summed E-state index contributed by atoms with van der Waals surface area (Å²) in [4.78, 5) is 26.6. The Balaban J connectivity index is 1.80. The van der Waals surface area contributed by atoms with Gasteiger partial charge in [-0.3, -0.25) is 9.59 Å². The van der Waals surface area contributed by atoms with Crippen molar-refractivity contribution >= 4 is 17.5 Å². The summed E-state index contributed by atoms with van der Waals surface area (Å²) in [5.74, 6) is -0.590. The third-order valence-electron chi connectivity index (χ3n) is 4.49. The maximum Gasteiger partial charge on any atom is 0.253 e. The van der Waals surface area contributed by atoms with Gasteiger partial charge in [0, 0.05) is 18.5 Å². The smallest absolute Gasteiger partial charge is 0.253 e. The zero-order valence-electron chi connectivity index (χ0n) is 14.3. The molecule has 1 saturated carbocycles. The first kappa shape index (κ1) is 17.1. The molecule has 0 saturated heterocycles. The second-order valence-corrected chi connectivity index (χ2v) is 6.41. The van der Waals surface area contributed by atoms with E-state index in [0.29, 0.717) is 16.8 Å². The molecule has 0 aliphatic heterocycles. The van der Waals surface area contributed by atoms with E-state index in [2.05, 4.69) is 5.32 Å². The molecule has 1 unspecified atom stereocenters. The summed E-state index contributed by atoms with van der Waals surface area (Å²) in [7, 11) is 1.69. The monoisotopic (exact) mass is 340 g/mol. The lowest BCUT2D eigenvalue weighted by Crippen LogP contribution is -2.32. The fraction of sp³-hybridized carbons (Fsp3) is 0.300. The highest BCUT2D eigenvalue weighted by Crippen LogP contribution is 2.33. The van der Waals surface area contributed by atoms with Gasteiger partial charge in [0.25, 0.3) is 5.91 Å². The fourth-order valence-corrected chi connectivity index (χ4v) is 2.86. The van der Waals surface area contributed by atoms with Crippen molar-refractivity contribution in [2.45, 2.75) is 25.8 Å². The van der Waals surface area contributed by atoms with Crippen LogP contribution in [0.1, 0.15) is 41.7 Å². The van der Waals surface area contributed by atoms with E-state index in [1.54, 1.807) is 61.3 Å². The van der Waals surface area contributed by atoms with Crippen LogP contribution in [-0.2, 0) is 4.79 Å². The SMILES string of the molecule is CC(NC(=O)c1ccccc1N(C)C(=O)C1CC1)c1ccccc1F. The highest BCUT2D eigenvalue weighted by Gasteiger charge is 2.33. The first-order chi connectivity index (χ1) is 12.0. The third-order valence-corrected chi connectivity index (χ3v) is 4.49. The Morgan fingerprint density at radius 2 is 1.76 bits per heavy atom. The van der Waals surface area contributed by atoms with E-state index in [1.165, 1.54) is 6.07 Å². The van der Waals surface area contributed by atoms with E-state index in [0.717, 1.165) is 12.8 Å². The topological polar surface area (TPSA) is 49.4 Å². The number of hydrogen-bond donors (Lipinski definition) is 1. The Bertz CT molecular complexity index is 802. The molecular formula is C20H21FN2O2. The van der Waals surface area contributed by atoms with Gasteiger partial charge in [-0.2, -0.15) is 0 Å². The van der Waals surface area contributed by atoms with E-state index in [9.17, 15) is 14.0 Å². The van der Waals surface area contributed by atoms with Crippen molar-refractivity contribution in [3.63, 3.8) is 0 Å². The predicted molar refractivity (Wildman–Crippen MR) is 94.9 cm³/mol. The van der Waals surface area contributed by atoms with Gasteiger partial charge < -0.3 is 10.2 Å². The number of carbonyl (C=O) groups excluding carboxylic acids is 2. The number of nitrogens with zero attached hydrogens (tertiary/aromatic N) is 1. The summed E-state index contributed by atoms with van der Waals surface area (Å²) >= 11 is 0. The minimum atomic E-state index is -0.480. The van der Waals surface area contributed by atoms with Crippen LogP contribution in [0.3, 0.4) is 0 Å². The highest BCUT2D eigenvalue weighted by molar-refractivity contribution is 6.05. The number of carbonyl (C=O) groups is 2. The fourth-order valence-electron chi connectivity index (χ4n) is 2.86. The van der Waals surface area contributed by atoms with Crippen molar-refractivity contribution in [1.29, 1.82) is 0 Å². The second-order valence-electron chi connectivity index (χ2n) is 6.41. The number of anilines is 1. The Morgan fingerprint density at radius 3 is 2.44 bits per heavy atom. The van der Waals surface area contributed by atoms with Crippen molar-refractivity contribution in [2.24, 2.45) is 5.92 Å². The normalized spacial score (nSPS) is 14.7. The molecule has 0 heterocycles. The van der Waals surface area contributed by atoms with Gasteiger partial charge in [-0.1, -0.05) is 30.3 Å². The summed E-state index contributed by atoms with van der Waals surface area (Å²) < 4.78 is 13.9. The van der Waals surface area contributed by atoms with Crippen LogP contribution >= 0.6 is 0 Å². The molecule has 1 atom stereocenters. The molecule has 5 heteroatoms. The van der Waals surface area contributed by atoms with E-state index in [1.807, 2.05) is 0 Å². The largest absolute Gasteiger partial charge is 0.345 e. The minimum Gasteiger partial charge on any atom is -0.345 e. The van der Waals surface area contributed by atoms with Crippen molar-refractivity contribution in [3.05, 3.63) is 65.5 Å². The predicted octanol–water partition coefficient (Wildman–Crippen LogP) is 3.69. The Kier molecular flexibility index (Phi) is 4.83. The molecule has 1 aliphatic carbocycles. The van der Waals surface area contributed by atoms with Crippen LogP contribution in [0.4, 0.5) is 10.1 Å². The average Bonchev–Trinajstić information content (AvgIpc) is 3.45. The van der Waals surface area contributed by atoms with Crippen LogP contribution in [0.25, 0.3) is 0 Å². The van der Waals surface area contributed by atoms with Crippen LogP contribution in [0.5, 0.6) is 0 Å². The first-order valence-corrected chi connectivity index (χ1v) is 8.41. The van der Waals surface area contributed by atoms with Gasteiger partial charge in [0.15, 0.2) is 0 Å². The number of benzene rings is 2. The standard InChI is InChI=1S/C20H21FN2O2/c1-13(15-7-3-5-9-17(15)21)22-19(24)16-8-4-6-10-18(16)23(2)20(25)14-11-12-14/h3-10,13-14H,11-12H2,1-2H3,(H,22,24). The van der Waals surface area contributed by atoms with Crippen LogP contribution < -0.4 is 10.2 Å². The Labute approximate surface area is 146 Å². The molecule has 130 valence electrons. The molecule has 1 fully saturated rings. The summed E-state index contributed by atoms with van der Waals surface area (Å²) in [5, 5.41) is 2.82. The molecule has 2 aromatic carbocycles. The second kappa shape index (κ2) is 7.05. The summed E-state index contributed by atoms with van der Waals surface area (Å²) in [6, 6.07) is 12.9. The molecule has 0 spiro atoms. The van der Waals surface area contributed by atoms with Crippen LogP contribution in [-0.4, -0.2) is 18.9 Å². The molecule has 4 nitrogen and oxygen atoms in total. The average molecular weight is 340 g/mol. The van der Waals surface area contributed by atoms with Crippen molar-refractivity contribution in [3.8, 4) is 0 Å². The molecule has 0 aromatic heterocycles. The molecule has 1 aliphatic rings. The first-order valence-electron chi connectivity index (χ1n) is 8.41. The van der Waals surface area contributed by atoms with Crippen molar-refractivity contribution in [2.75, 3.05) is 11.9 Å². The molecule has 1 N–H and O–H groups in total. The summed E-state index contributed by atoms with van der Waals surface area (Å²) in [6.07, 6.45) is 1.81. The maximum atomic E-state index is 13.9. The quantitative estimate of drug-likeness (QED) is 0.902. The minimum absolute atomic E-state index is 0.0300. The number of amides is 2. The van der Waals surface area contributed by atoms with Crippen LogP contribution in [0.15, 0.2) is 48.5 Å². The third kappa shape index (κ3) is 3.71. The number of hydrogen-bond acceptors (Lipinski definition) is 2. The van der Waals surface area contributed by atoms with Gasteiger partial charge >= 0.3 is 0 Å². The molecular weight excluding hydrogens is 319 g/mol. The molecule has 0 radical (unpaired) electrons. The summed E-state index contributed by atoms with van der Waals surface area (Å²) in [6.45, 7) is 1.73. The summed E-state index contributed by atoms with van der Waals surface area (Å²) in [5.41, 5.74) is 1.40. The van der Waals surface area contributed by atoms with E-state index in [4.69, 9.17) is 0 Å². The lowest BCUT2D eigenvalue weighted by atomic mass is 10.1. The van der Waals surface area contributed by atoms with Crippen molar-refractivity contribution < 1.29 is 14.0 Å². The zero-order chi connectivity index (χ0) is 18.0. The number of nitrogens with one attached hydrogen (secondary N) is 1. The van der Waals surface area contributed by atoms with Gasteiger partial charge in [-0.05, 0) is 38.0 Å². The van der Waals surface area contributed by atoms with Gasteiger partial charge in [0.05, 0.1) is 17.3 Å². The van der Waals surface area contributed by atoms with Crippen LogP contribution in [0, 0.1) is 11.7 Å². The lowest BCUT2D eigenvalue weighted by Gasteiger charge is -2.22. The molecule has 0 bridgehead atoms. The maximum absolute atomic E-state index is 13.9. The van der Waals surface area contributed by atoms with Gasteiger partial charge in [0.1, 0.15) is 5.82 Å². The zero-order valence-corrected chi connectivity index (χ0v) is 14.3. The molecule has 2 aromatic rings. The van der Waals surface area contributed by atoms with E-state index < -0.39 is 6.04 Å². The van der Waals surface area contributed by atoms with Gasteiger partial charge in [-0.25, -0.2) is 4.39 Å². The number of rotatable bonds is 5. The molecule has 25 heavy (non-hydrogen) atoms. The highest BCUT2D eigenvalue weighted by atomic mass is 19.1. The van der Waals surface area contributed by atoms with Crippen LogP contribution in [0.2, 0.25) is 0 Å². The molecule has 2 amide bonds. The number of halogens is 1. The molecule has 3 rings (SSSR count). The Morgan fingerprint density at radius 1 is 1.12 bits per heavy atom. The lowest BCUT2D eigenvalue weighted by molar-refractivity contribution is -0.119. The van der Waals surface area contributed by atoms with Crippen molar-refractivity contribution in [1.82, 2.24) is 5.32 Å². The van der Waals surface area contributed by atoms with Gasteiger partial charge in [-0.15, -0.1) is 0 Å². The van der Waals surface area contributed by atoms with E-state index >= 15 is 0 Å². The van der Waals surface area contributed by atoms with E-state index in [-0.39, 0.29) is 23.5 Å². The van der Waals surface area contributed by atoms with Gasteiger partial charge in [0.2, 0.25) is 5.91 Å². The number of para-hydroxylation sites is 1.